The van der Waals surface area contributed by atoms with E-state index in [2.05, 4.69) is 29.2 Å². The van der Waals surface area contributed by atoms with Crippen molar-refractivity contribution < 1.29 is 13.2 Å². The Balaban J connectivity index is 1.37. The molecule has 1 fully saturated rings. The zero-order valence-corrected chi connectivity index (χ0v) is 24.9. The molecule has 8 heteroatoms. The Hall–Kier alpha value is -3.65. The Morgan fingerprint density at radius 2 is 1.34 bits per heavy atom. The minimum absolute atomic E-state index is 0.0715. The molecule has 1 aliphatic heterocycles. The van der Waals surface area contributed by atoms with E-state index in [0.29, 0.717) is 42.5 Å². The van der Waals surface area contributed by atoms with Gasteiger partial charge >= 0.3 is 0 Å². The molecule has 0 N–H and O–H groups in total. The maximum Gasteiger partial charge on any atom is 0.264 e. The maximum atomic E-state index is 13.9. The van der Waals surface area contributed by atoms with Crippen molar-refractivity contribution in [3.8, 4) is 0 Å². The maximum absolute atomic E-state index is 13.9. The zero-order valence-electron chi connectivity index (χ0n) is 23.3. The number of nitrogens with zero attached hydrogens (tertiary/aromatic N) is 3. The molecule has 0 bridgehead atoms. The van der Waals surface area contributed by atoms with Crippen LogP contribution in [0.2, 0.25) is 5.02 Å². The summed E-state index contributed by atoms with van der Waals surface area (Å²) in [4.78, 5) is 18.0. The number of piperazine rings is 1. The molecule has 6 nitrogen and oxygen atoms in total. The first-order chi connectivity index (χ1) is 19.8. The Morgan fingerprint density at radius 3 is 1.90 bits per heavy atom. The molecule has 1 aliphatic rings. The van der Waals surface area contributed by atoms with E-state index in [1.807, 2.05) is 43.3 Å². The van der Waals surface area contributed by atoms with Crippen molar-refractivity contribution in [3.63, 3.8) is 0 Å². The molecular formula is C33H34ClN3O3S. The molecule has 4 aromatic rings. The number of carbonyl (C=O) groups excluding carboxylic acids is 1. The van der Waals surface area contributed by atoms with Gasteiger partial charge in [0, 0.05) is 31.2 Å². The lowest BCUT2D eigenvalue weighted by atomic mass is 9.96. The van der Waals surface area contributed by atoms with E-state index >= 15 is 0 Å². The number of hydrogen-bond donors (Lipinski definition) is 0. The fourth-order valence-electron chi connectivity index (χ4n) is 5.34. The molecule has 1 heterocycles. The van der Waals surface area contributed by atoms with Crippen molar-refractivity contribution in [1.82, 2.24) is 9.80 Å². The van der Waals surface area contributed by atoms with Crippen LogP contribution in [0.1, 0.15) is 28.3 Å². The van der Waals surface area contributed by atoms with Gasteiger partial charge in [-0.1, -0.05) is 96.0 Å². The van der Waals surface area contributed by atoms with Gasteiger partial charge in [0.05, 0.1) is 16.6 Å². The number of aryl methyl sites for hydroxylation is 1. The highest BCUT2D eigenvalue weighted by atomic mass is 35.5. The number of carbonyl (C=O) groups is 1. The lowest BCUT2D eigenvalue weighted by molar-refractivity contribution is -0.131. The van der Waals surface area contributed by atoms with Gasteiger partial charge in [0.25, 0.3) is 10.0 Å². The number of rotatable bonds is 8. The van der Waals surface area contributed by atoms with E-state index in [0.717, 1.165) is 5.56 Å². The molecule has 0 aliphatic carbocycles. The summed E-state index contributed by atoms with van der Waals surface area (Å²) in [5, 5.41) is 0.445. The third-order valence-electron chi connectivity index (χ3n) is 7.66. The average molecular weight is 588 g/mol. The van der Waals surface area contributed by atoms with Crippen LogP contribution in [0, 0.1) is 13.8 Å². The van der Waals surface area contributed by atoms with Crippen molar-refractivity contribution in [2.45, 2.75) is 24.8 Å². The molecule has 4 aromatic carbocycles. The van der Waals surface area contributed by atoms with Gasteiger partial charge in [0.2, 0.25) is 5.91 Å². The van der Waals surface area contributed by atoms with Gasteiger partial charge in [-0.05, 0) is 54.8 Å². The Labute approximate surface area is 247 Å². The van der Waals surface area contributed by atoms with Crippen LogP contribution in [0.15, 0.2) is 108 Å². The topological polar surface area (TPSA) is 60.9 Å². The van der Waals surface area contributed by atoms with Crippen LogP contribution in [0.4, 0.5) is 5.69 Å². The van der Waals surface area contributed by atoms with Crippen LogP contribution in [-0.2, 0) is 14.8 Å². The summed E-state index contributed by atoms with van der Waals surface area (Å²) in [6.07, 6.45) is 0. The lowest BCUT2D eigenvalue weighted by Gasteiger charge is -2.40. The molecule has 5 rings (SSSR count). The molecule has 0 unspecified atom stereocenters. The summed E-state index contributed by atoms with van der Waals surface area (Å²) < 4.78 is 29.0. The molecule has 0 radical (unpaired) electrons. The van der Waals surface area contributed by atoms with Crippen LogP contribution in [-0.4, -0.2) is 56.8 Å². The predicted octanol–water partition coefficient (Wildman–Crippen LogP) is 6.09. The second kappa shape index (κ2) is 12.5. The number of benzene rings is 4. The van der Waals surface area contributed by atoms with Crippen LogP contribution in [0.5, 0.6) is 0 Å². The van der Waals surface area contributed by atoms with Crippen LogP contribution in [0.3, 0.4) is 0 Å². The van der Waals surface area contributed by atoms with Gasteiger partial charge in [0.1, 0.15) is 6.54 Å². The van der Waals surface area contributed by atoms with Crippen LogP contribution in [0.25, 0.3) is 0 Å². The van der Waals surface area contributed by atoms with E-state index in [1.165, 1.54) is 15.4 Å². The van der Waals surface area contributed by atoms with E-state index < -0.39 is 10.0 Å². The van der Waals surface area contributed by atoms with E-state index in [-0.39, 0.29) is 23.4 Å². The minimum Gasteiger partial charge on any atom is -0.339 e. The molecule has 41 heavy (non-hydrogen) atoms. The Bertz CT molecular complexity index is 1550. The van der Waals surface area contributed by atoms with Crippen molar-refractivity contribution in [2.24, 2.45) is 0 Å². The van der Waals surface area contributed by atoms with Gasteiger partial charge in [0.15, 0.2) is 0 Å². The second-order valence-corrected chi connectivity index (χ2v) is 12.6. The first-order valence-electron chi connectivity index (χ1n) is 13.7. The SMILES string of the molecule is Cc1ccc(S(=O)(=O)N(CC(=O)N2CCN(C(c3ccccc3)c3ccccc3)CC2)c2cccc(Cl)c2C)cc1. The summed E-state index contributed by atoms with van der Waals surface area (Å²) in [5.41, 5.74) is 4.36. The third-order valence-corrected chi connectivity index (χ3v) is 9.84. The van der Waals surface area contributed by atoms with Gasteiger partial charge in [-0.25, -0.2) is 8.42 Å². The number of halogens is 1. The van der Waals surface area contributed by atoms with Crippen molar-refractivity contribution in [2.75, 3.05) is 37.0 Å². The van der Waals surface area contributed by atoms with Gasteiger partial charge in [-0.15, -0.1) is 0 Å². The number of sulfonamides is 1. The first-order valence-corrected chi connectivity index (χ1v) is 15.5. The van der Waals surface area contributed by atoms with Gasteiger partial charge < -0.3 is 4.90 Å². The number of anilines is 1. The summed E-state index contributed by atoms with van der Waals surface area (Å²) >= 11 is 6.38. The highest BCUT2D eigenvalue weighted by molar-refractivity contribution is 7.92. The van der Waals surface area contributed by atoms with Crippen molar-refractivity contribution in [1.29, 1.82) is 0 Å². The van der Waals surface area contributed by atoms with Crippen LogP contribution < -0.4 is 4.31 Å². The molecule has 0 aromatic heterocycles. The predicted molar refractivity (Wildman–Crippen MR) is 165 cm³/mol. The smallest absolute Gasteiger partial charge is 0.264 e. The van der Waals surface area contributed by atoms with Gasteiger partial charge in [-0.3, -0.25) is 14.0 Å². The average Bonchev–Trinajstić information content (AvgIpc) is 2.99. The minimum atomic E-state index is -4.02. The normalized spacial score (nSPS) is 14.3. The molecule has 0 spiro atoms. The van der Waals surface area contributed by atoms with Crippen LogP contribution >= 0.6 is 11.6 Å². The van der Waals surface area contributed by atoms with E-state index in [4.69, 9.17) is 11.6 Å². The number of amides is 1. The van der Waals surface area contributed by atoms with E-state index in [9.17, 15) is 13.2 Å². The Kier molecular flexibility index (Phi) is 8.78. The largest absolute Gasteiger partial charge is 0.339 e. The van der Waals surface area contributed by atoms with Gasteiger partial charge in [-0.2, -0.15) is 0 Å². The van der Waals surface area contributed by atoms with Crippen molar-refractivity contribution >= 4 is 33.2 Å². The quantitative estimate of drug-likeness (QED) is 0.250. The Morgan fingerprint density at radius 1 is 0.780 bits per heavy atom. The summed E-state index contributed by atoms with van der Waals surface area (Å²) in [6, 6.07) is 32.6. The summed E-state index contributed by atoms with van der Waals surface area (Å²) in [5.74, 6) is -0.240. The fraction of sp³-hybridized carbons (Fsp3) is 0.242. The fourth-order valence-corrected chi connectivity index (χ4v) is 6.98. The summed E-state index contributed by atoms with van der Waals surface area (Å²) in [7, 11) is -4.02. The summed E-state index contributed by atoms with van der Waals surface area (Å²) in [6.45, 7) is 5.70. The standard InChI is InChI=1S/C33H34ClN3O3S/c1-25-16-18-29(19-17-25)41(39,40)37(31-15-9-14-30(34)26(31)2)24-32(38)35-20-22-36(23-21-35)33(27-10-5-3-6-11-27)28-12-7-4-8-13-28/h3-19,33H,20-24H2,1-2H3. The third kappa shape index (κ3) is 6.32. The highest BCUT2D eigenvalue weighted by Crippen LogP contribution is 2.32. The second-order valence-electron chi connectivity index (χ2n) is 10.3. The first kappa shape index (κ1) is 28.9. The molecule has 0 saturated carbocycles. The highest BCUT2D eigenvalue weighted by Gasteiger charge is 2.33. The molecule has 1 amide bonds. The monoisotopic (exact) mass is 587 g/mol. The molecular weight excluding hydrogens is 554 g/mol. The lowest BCUT2D eigenvalue weighted by Crippen LogP contribution is -2.52. The van der Waals surface area contributed by atoms with Crippen molar-refractivity contribution in [3.05, 3.63) is 130 Å². The number of hydrogen-bond acceptors (Lipinski definition) is 4. The zero-order chi connectivity index (χ0) is 29.0. The molecule has 1 saturated heterocycles. The molecule has 0 atom stereocenters. The van der Waals surface area contributed by atoms with E-state index in [1.54, 1.807) is 54.3 Å². The molecule has 212 valence electrons.